The fourth-order valence-electron chi connectivity index (χ4n) is 1.97. The number of hydrogen-bond acceptors (Lipinski definition) is 1. The Labute approximate surface area is 135 Å². The zero-order valence-electron chi connectivity index (χ0n) is 10.9. The van der Waals surface area contributed by atoms with Gasteiger partial charge in [-0.2, -0.15) is 0 Å². The highest BCUT2D eigenvalue weighted by atomic mass is 79.9. The Hall–Kier alpha value is -0.770. The molecule has 1 atom stereocenters. The van der Waals surface area contributed by atoms with Crippen molar-refractivity contribution in [1.29, 1.82) is 0 Å². The highest BCUT2D eigenvalue weighted by Crippen LogP contribution is 2.39. The van der Waals surface area contributed by atoms with Gasteiger partial charge in [0.25, 0.3) is 0 Å². The Balaban J connectivity index is 2.55. The van der Waals surface area contributed by atoms with Gasteiger partial charge in [0.2, 0.25) is 0 Å². The first-order valence-electron chi connectivity index (χ1n) is 5.87. The zero-order valence-corrected chi connectivity index (χ0v) is 14.0. The summed E-state index contributed by atoms with van der Waals surface area (Å²) in [5.74, 6) is 0.0161. The van der Waals surface area contributed by atoms with Crippen molar-refractivity contribution in [2.45, 2.75) is 12.3 Å². The number of alkyl halides is 1. The predicted molar refractivity (Wildman–Crippen MR) is 84.5 cm³/mol. The molecule has 0 heterocycles. The van der Waals surface area contributed by atoms with Crippen molar-refractivity contribution >= 4 is 39.1 Å². The molecule has 2 aromatic rings. The summed E-state index contributed by atoms with van der Waals surface area (Å²) in [6.45, 7) is 1.95. The minimum absolute atomic E-state index is 0.346. The molecular weight excluding hydrogens is 366 g/mol. The number of benzene rings is 2. The van der Waals surface area contributed by atoms with E-state index < -0.39 is 11.2 Å². The summed E-state index contributed by atoms with van der Waals surface area (Å²) in [6, 6.07) is 8.46. The Morgan fingerprint density at radius 2 is 1.90 bits per heavy atom. The second-order valence-corrected chi connectivity index (χ2v) is 6.10. The lowest BCUT2D eigenvalue weighted by atomic mass is 9.99. The van der Waals surface area contributed by atoms with Crippen molar-refractivity contribution in [3.8, 4) is 5.75 Å². The minimum atomic E-state index is -0.472. The van der Waals surface area contributed by atoms with Crippen molar-refractivity contribution in [3.05, 3.63) is 62.3 Å². The molecule has 0 aliphatic rings. The topological polar surface area (TPSA) is 9.23 Å². The number of aryl methyl sites for hydroxylation is 1. The third-order valence-electron chi connectivity index (χ3n) is 3.06. The maximum Gasteiger partial charge on any atom is 0.141 e. The molecule has 0 aromatic heterocycles. The second-order valence-electron chi connectivity index (χ2n) is 4.37. The minimum Gasteiger partial charge on any atom is -0.496 e. The van der Waals surface area contributed by atoms with Crippen molar-refractivity contribution in [3.63, 3.8) is 0 Å². The number of methoxy groups -OCH3 is 1. The molecule has 0 N–H and O–H groups in total. The van der Waals surface area contributed by atoms with Gasteiger partial charge in [0.15, 0.2) is 0 Å². The number of ether oxygens (including phenoxy) is 1. The van der Waals surface area contributed by atoms with E-state index >= 15 is 0 Å². The first-order chi connectivity index (χ1) is 9.43. The van der Waals surface area contributed by atoms with Crippen LogP contribution >= 0.6 is 39.1 Å². The predicted octanol–water partition coefficient (Wildman–Crippen LogP) is 5.89. The molecule has 0 aliphatic carbocycles. The quantitative estimate of drug-likeness (QED) is 0.606. The molecular formula is C15H12BrCl2FO. The second kappa shape index (κ2) is 6.33. The van der Waals surface area contributed by atoms with E-state index in [4.69, 9.17) is 27.9 Å². The van der Waals surface area contributed by atoms with Gasteiger partial charge in [-0.05, 0) is 52.2 Å². The Morgan fingerprint density at radius 3 is 2.55 bits per heavy atom. The van der Waals surface area contributed by atoms with E-state index in [0.717, 1.165) is 11.1 Å². The van der Waals surface area contributed by atoms with Gasteiger partial charge in [0, 0.05) is 16.7 Å². The lowest BCUT2D eigenvalue weighted by Crippen LogP contribution is -2.01. The molecule has 106 valence electrons. The van der Waals surface area contributed by atoms with Crippen LogP contribution in [0.4, 0.5) is 4.39 Å². The molecule has 5 heteroatoms. The van der Waals surface area contributed by atoms with Gasteiger partial charge in [-0.3, -0.25) is 0 Å². The molecule has 0 spiro atoms. The summed E-state index contributed by atoms with van der Waals surface area (Å²) < 4.78 is 19.1. The molecule has 1 nitrogen and oxygen atoms in total. The molecule has 2 rings (SSSR count). The average Bonchev–Trinajstić information content (AvgIpc) is 2.43. The van der Waals surface area contributed by atoms with Gasteiger partial charge >= 0.3 is 0 Å². The van der Waals surface area contributed by atoms with Gasteiger partial charge in [0.1, 0.15) is 11.6 Å². The van der Waals surface area contributed by atoms with Crippen molar-refractivity contribution < 1.29 is 9.13 Å². The van der Waals surface area contributed by atoms with E-state index in [2.05, 4.69) is 15.9 Å². The lowest BCUT2D eigenvalue weighted by molar-refractivity contribution is 0.406. The molecule has 2 aromatic carbocycles. The van der Waals surface area contributed by atoms with Crippen LogP contribution in [0, 0.1) is 12.7 Å². The largest absolute Gasteiger partial charge is 0.496 e. The molecule has 20 heavy (non-hydrogen) atoms. The van der Waals surface area contributed by atoms with Crippen molar-refractivity contribution in [2.24, 2.45) is 0 Å². The molecule has 0 amide bonds. The third-order valence-corrected chi connectivity index (χ3v) is 4.37. The van der Waals surface area contributed by atoms with Crippen LogP contribution in [-0.4, -0.2) is 7.11 Å². The molecule has 1 unspecified atom stereocenters. The van der Waals surface area contributed by atoms with Gasteiger partial charge in [0.05, 0.1) is 17.0 Å². The average molecular weight is 378 g/mol. The molecule has 0 bridgehead atoms. The Morgan fingerprint density at radius 1 is 1.20 bits per heavy atom. The van der Waals surface area contributed by atoms with E-state index in [9.17, 15) is 4.39 Å². The molecule has 0 aliphatic heterocycles. The van der Waals surface area contributed by atoms with Gasteiger partial charge < -0.3 is 4.74 Å². The maximum absolute atomic E-state index is 13.6. The van der Waals surface area contributed by atoms with Gasteiger partial charge in [-0.1, -0.05) is 17.7 Å². The highest BCUT2D eigenvalue weighted by molar-refractivity contribution is 9.10. The lowest BCUT2D eigenvalue weighted by Gasteiger charge is -2.17. The van der Waals surface area contributed by atoms with E-state index in [0.29, 0.717) is 20.8 Å². The van der Waals surface area contributed by atoms with Crippen LogP contribution in [0.15, 0.2) is 34.8 Å². The number of hydrogen-bond donors (Lipinski definition) is 0. The van der Waals surface area contributed by atoms with E-state index in [1.165, 1.54) is 13.2 Å². The van der Waals surface area contributed by atoms with Crippen LogP contribution in [0.1, 0.15) is 22.1 Å². The maximum atomic E-state index is 13.6. The van der Waals surface area contributed by atoms with Crippen LogP contribution in [-0.2, 0) is 0 Å². The van der Waals surface area contributed by atoms with Gasteiger partial charge in [-0.25, -0.2) is 4.39 Å². The van der Waals surface area contributed by atoms with Crippen LogP contribution < -0.4 is 4.74 Å². The Kier molecular flexibility index (Phi) is 4.95. The summed E-state index contributed by atoms with van der Waals surface area (Å²) in [4.78, 5) is 0. The van der Waals surface area contributed by atoms with Crippen molar-refractivity contribution in [1.82, 2.24) is 0 Å². The highest BCUT2D eigenvalue weighted by Gasteiger charge is 2.20. The normalized spacial score (nSPS) is 12.3. The van der Waals surface area contributed by atoms with Crippen LogP contribution in [0.2, 0.25) is 5.02 Å². The fraction of sp³-hybridized carbons (Fsp3) is 0.200. The number of rotatable bonds is 3. The van der Waals surface area contributed by atoms with E-state index in [1.54, 1.807) is 6.07 Å². The standard InChI is InChI=1S/C15H12BrCl2FO/c1-8-3-4-9(17)5-10(8)15(18)11-6-12(16)13(19)7-14(11)20-2/h3-7,15H,1-2H3. The smallest absolute Gasteiger partial charge is 0.141 e. The molecule has 0 radical (unpaired) electrons. The SMILES string of the molecule is COc1cc(F)c(Br)cc1C(Cl)c1cc(Cl)ccc1C. The molecule has 0 saturated carbocycles. The summed E-state index contributed by atoms with van der Waals surface area (Å²) in [5.41, 5.74) is 2.57. The van der Waals surface area contributed by atoms with Crippen LogP contribution in [0.3, 0.4) is 0 Å². The summed E-state index contributed by atoms with van der Waals surface area (Å²) >= 11 is 15.7. The zero-order chi connectivity index (χ0) is 14.9. The van der Waals surface area contributed by atoms with Gasteiger partial charge in [-0.15, -0.1) is 11.6 Å². The van der Waals surface area contributed by atoms with Crippen LogP contribution in [0.5, 0.6) is 5.75 Å². The summed E-state index contributed by atoms with van der Waals surface area (Å²) in [7, 11) is 1.49. The monoisotopic (exact) mass is 376 g/mol. The summed E-state index contributed by atoms with van der Waals surface area (Å²) in [6.07, 6.45) is 0. The summed E-state index contributed by atoms with van der Waals surface area (Å²) in [5, 5.41) is 0.136. The first kappa shape index (κ1) is 15.6. The fourth-order valence-corrected chi connectivity index (χ4v) is 2.92. The van der Waals surface area contributed by atoms with E-state index in [1.807, 2.05) is 25.1 Å². The van der Waals surface area contributed by atoms with Crippen molar-refractivity contribution in [2.75, 3.05) is 7.11 Å². The van der Waals surface area contributed by atoms with Crippen LogP contribution in [0.25, 0.3) is 0 Å². The molecule has 0 saturated heterocycles. The molecule has 0 fully saturated rings. The Bertz CT molecular complexity index is 646. The number of halogens is 4. The first-order valence-corrected chi connectivity index (χ1v) is 7.48. The third kappa shape index (κ3) is 3.11. The van der Waals surface area contributed by atoms with E-state index in [-0.39, 0.29) is 0 Å².